The first kappa shape index (κ1) is 39.9. The predicted octanol–water partition coefficient (Wildman–Crippen LogP) is 10.5. The SMILES string of the molecule is CCC/C=C\CCCCCCCC(=O)NC(CO)C(O)/C=C/CCCCCCCCCCCCCCCCCCC. The largest absolute Gasteiger partial charge is 0.394 e. The molecule has 2 unspecified atom stereocenters. The number of carbonyl (C=O) groups excluding carboxylic acids is 1. The zero-order valence-electron chi connectivity index (χ0n) is 27.6. The van der Waals surface area contributed by atoms with Crippen molar-refractivity contribution in [2.75, 3.05) is 6.61 Å². The number of rotatable bonds is 32. The van der Waals surface area contributed by atoms with E-state index in [0.717, 1.165) is 38.5 Å². The van der Waals surface area contributed by atoms with Crippen LogP contribution in [0.4, 0.5) is 0 Å². The summed E-state index contributed by atoms with van der Waals surface area (Å²) in [6, 6.07) is -0.621. The van der Waals surface area contributed by atoms with Gasteiger partial charge in [0.2, 0.25) is 5.91 Å². The number of nitrogens with one attached hydrogen (secondary N) is 1. The molecule has 0 aromatic carbocycles. The van der Waals surface area contributed by atoms with Crippen LogP contribution in [-0.2, 0) is 4.79 Å². The van der Waals surface area contributed by atoms with Gasteiger partial charge in [-0.1, -0.05) is 167 Å². The van der Waals surface area contributed by atoms with E-state index >= 15 is 0 Å². The Morgan fingerprint density at radius 2 is 0.976 bits per heavy atom. The smallest absolute Gasteiger partial charge is 0.220 e. The molecule has 1 amide bonds. The average molecular weight is 578 g/mol. The molecule has 0 rings (SSSR count). The molecule has 4 heteroatoms. The highest BCUT2D eigenvalue weighted by atomic mass is 16.3. The quantitative estimate of drug-likeness (QED) is 0.0550. The third kappa shape index (κ3) is 30.1. The van der Waals surface area contributed by atoms with Crippen LogP contribution in [0.5, 0.6) is 0 Å². The molecule has 4 nitrogen and oxygen atoms in total. The number of unbranched alkanes of at least 4 members (excludes halogenated alkanes) is 23. The lowest BCUT2D eigenvalue weighted by atomic mass is 10.0. The number of aliphatic hydroxyl groups excluding tert-OH is 2. The Labute approximate surface area is 256 Å². The molecule has 0 aliphatic heterocycles. The Hall–Kier alpha value is -1.13. The van der Waals surface area contributed by atoms with Crippen molar-refractivity contribution in [2.45, 2.75) is 199 Å². The minimum Gasteiger partial charge on any atom is -0.394 e. The maximum atomic E-state index is 12.2. The molecular formula is C37H71NO3. The summed E-state index contributed by atoms with van der Waals surface area (Å²) in [5.41, 5.74) is 0. The molecule has 0 saturated heterocycles. The van der Waals surface area contributed by atoms with Crippen LogP contribution >= 0.6 is 0 Å². The van der Waals surface area contributed by atoms with Crippen molar-refractivity contribution in [1.82, 2.24) is 5.32 Å². The first-order chi connectivity index (χ1) is 20.2. The zero-order valence-corrected chi connectivity index (χ0v) is 27.6. The number of allylic oxidation sites excluding steroid dienone is 3. The fraction of sp³-hybridized carbons (Fsp3) is 0.865. The topological polar surface area (TPSA) is 69.6 Å². The molecule has 3 N–H and O–H groups in total. The van der Waals surface area contributed by atoms with Crippen LogP contribution < -0.4 is 5.32 Å². The average Bonchev–Trinajstić information content (AvgIpc) is 2.97. The number of hydrogen-bond donors (Lipinski definition) is 3. The maximum absolute atomic E-state index is 12.2. The first-order valence-electron chi connectivity index (χ1n) is 18.1. The van der Waals surface area contributed by atoms with Crippen LogP contribution in [0.3, 0.4) is 0 Å². The highest BCUT2D eigenvalue weighted by molar-refractivity contribution is 5.76. The molecule has 0 aliphatic carbocycles. The first-order valence-corrected chi connectivity index (χ1v) is 18.1. The van der Waals surface area contributed by atoms with Gasteiger partial charge in [-0.3, -0.25) is 4.79 Å². The molecule has 0 aliphatic rings. The van der Waals surface area contributed by atoms with Crippen LogP contribution in [0.15, 0.2) is 24.3 Å². The van der Waals surface area contributed by atoms with E-state index in [4.69, 9.17) is 0 Å². The van der Waals surface area contributed by atoms with Crippen molar-refractivity contribution >= 4 is 5.91 Å². The molecule has 0 fully saturated rings. The second kappa shape index (κ2) is 33.4. The minimum atomic E-state index is -0.837. The van der Waals surface area contributed by atoms with Gasteiger partial charge in [0.05, 0.1) is 18.8 Å². The van der Waals surface area contributed by atoms with Gasteiger partial charge in [0, 0.05) is 6.42 Å². The third-order valence-electron chi connectivity index (χ3n) is 8.16. The number of carbonyl (C=O) groups is 1. The Morgan fingerprint density at radius 3 is 1.44 bits per heavy atom. The van der Waals surface area contributed by atoms with Crippen LogP contribution in [0.2, 0.25) is 0 Å². The van der Waals surface area contributed by atoms with Gasteiger partial charge in [0.1, 0.15) is 0 Å². The van der Waals surface area contributed by atoms with Gasteiger partial charge < -0.3 is 15.5 Å². The molecule has 0 aromatic rings. The van der Waals surface area contributed by atoms with Gasteiger partial charge >= 0.3 is 0 Å². The standard InChI is InChI=1S/C37H71NO3/c1-3-5-7-9-11-13-15-16-17-18-19-20-21-22-23-24-26-28-30-32-36(40)35(34-39)38-37(41)33-31-29-27-25-14-12-10-8-6-4-2/h8,10,30,32,35-36,39-40H,3-7,9,11-29,31,33-34H2,1-2H3,(H,38,41)/b10-8-,32-30+. The molecule has 0 saturated carbocycles. The summed E-state index contributed by atoms with van der Waals surface area (Å²) in [4.78, 5) is 12.2. The fourth-order valence-corrected chi connectivity index (χ4v) is 5.36. The van der Waals surface area contributed by atoms with E-state index < -0.39 is 12.1 Å². The number of amides is 1. The van der Waals surface area contributed by atoms with E-state index in [1.807, 2.05) is 6.08 Å². The van der Waals surface area contributed by atoms with Crippen LogP contribution in [0.1, 0.15) is 187 Å². The lowest BCUT2D eigenvalue weighted by Gasteiger charge is -2.20. The van der Waals surface area contributed by atoms with E-state index in [1.54, 1.807) is 6.08 Å². The van der Waals surface area contributed by atoms with E-state index in [-0.39, 0.29) is 12.5 Å². The second-order valence-electron chi connectivity index (χ2n) is 12.3. The molecule has 0 radical (unpaired) electrons. The normalized spacial score (nSPS) is 13.4. The van der Waals surface area contributed by atoms with E-state index in [9.17, 15) is 15.0 Å². The lowest BCUT2D eigenvalue weighted by molar-refractivity contribution is -0.123. The van der Waals surface area contributed by atoms with Gasteiger partial charge in [-0.2, -0.15) is 0 Å². The summed E-state index contributed by atoms with van der Waals surface area (Å²) < 4.78 is 0. The molecule has 2 atom stereocenters. The molecule has 0 aromatic heterocycles. The second-order valence-corrected chi connectivity index (χ2v) is 12.3. The van der Waals surface area contributed by atoms with Gasteiger partial charge in [-0.05, 0) is 38.5 Å². The van der Waals surface area contributed by atoms with Crippen LogP contribution in [0.25, 0.3) is 0 Å². The van der Waals surface area contributed by atoms with Crippen LogP contribution in [0, 0.1) is 0 Å². The van der Waals surface area contributed by atoms with Gasteiger partial charge in [0.15, 0.2) is 0 Å². The van der Waals surface area contributed by atoms with Crippen molar-refractivity contribution in [3.05, 3.63) is 24.3 Å². The summed E-state index contributed by atoms with van der Waals surface area (Å²) in [6.07, 6.45) is 41.2. The summed E-state index contributed by atoms with van der Waals surface area (Å²) in [7, 11) is 0. The molecule has 242 valence electrons. The van der Waals surface area contributed by atoms with Gasteiger partial charge in [0.25, 0.3) is 0 Å². The van der Waals surface area contributed by atoms with Crippen molar-refractivity contribution in [3.63, 3.8) is 0 Å². The summed E-state index contributed by atoms with van der Waals surface area (Å²) in [5, 5.41) is 22.8. The van der Waals surface area contributed by atoms with Crippen LogP contribution in [-0.4, -0.2) is 34.9 Å². The van der Waals surface area contributed by atoms with Crippen molar-refractivity contribution in [3.8, 4) is 0 Å². The zero-order chi connectivity index (χ0) is 30.1. The van der Waals surface area contributed by atoms with Crippen molar-refractivity contribution in [2.24, 2.45) is 0 Å². The Morgan fingerprint density at radius 1 is 0.561 bits per heavy atom. The molecule has 41 heavy (non-hydrogen) atoms. The van der Waals surface area contributed by atoms with Gasteiger partial charge in [-0.25, -0.2) is 0 Å². The Balaban J connectivity index is 3.59. The van der Waals surface area contributed by atoms with E-state index in [1.165, 1.54) is 128 Å². The molecule has 0 bridgehead atoms. The minimum absolute atomic E-state index is 0.0767. The summed E-state index contributed by atoms with van der Waals surface area (Å²) >= 11 is 0. The molecule has 0 heterocycles. The summed E-state index contributed by atoms with van der Waals surface area (Å²) in [6.45, 7) is 4.23. The van der Waals surface area contributed by atoms with Gasteiger partial charge in [-0.15, -0.1) is 0 Å². The highest BCUT2D eigenvalue weighted by Gasteiger charge is 2.17. The lowest BCUT2D eigenvalue weighted by Crippen LogP contribution is -2.45. The number of hydrogen-bond acceptors (Lipinski definition) is 3. The van der Waals surface area contributed by atoms with Crippen molar-refractivity contribution < 1.29 is 15.0 Å². The summed E-state index contributed by atoms with van der Waals surface area (Å²) in [5.74, 6) is -0.0767. The van der Waals surface area contributed by atoms with Crippen molar-refractivity contribution in [1.29, 1.82) is 0 Å². The van der Waals surface area contributed by atoms with E-state index in [0.29, 0.717) is 6.42 Å². The Bertz CT molecular complexity index is 589. The third-order valence-corrected chi connectivity index (χ3v) is 8.16. The maximum Gasteiger partial charge on any atom is 0.220 e. The van der Waals surface area contributed by atoms with E-state index in [2.05, 4.69) is 31.3 Å². The highest BCUT2D eigenvalue weighted by Crippen LogP contribution is 2.14. The molecular weight excluding hydrogens is 506 g/mol. The fourth-order valence-electron chi connectivity index (χ4n) is 5.36. The monoisotopic (exact) mass is 578 g/mol. The Kier molecular flexibility index (Phi) is 32.5. The number of aliphatic hydroxyl groups is 2. The predicted molar refractivity (Wildman–Crippen MR) is 179 cm³/mol. The molecule has 0 spiro atoms.